The molecule has 16 heavy (non-hydrogen) atoms. The van der Waals surface area contributed by atoms with Gasteiger partial charge >= 0.3 is 0 Å². The van der Waals surface area contributed by atoms with E-state index in [0.29, 0.717) is 6.54 Å². The average Bonchev–Trinajstić information content (AvgIpc) is 2.28. The van der Waals surface area contributed by atoms with Crippen molar-refractivity contribution in [2.24, 2.45) is 5.92 Å². The Labute approximate surface area is 102 Å². The molecule has 1 unspecified atom stereocenters. The molecule has 0 saturated heterocycles. The zero-order valence-electron chi connectivity index (χ0n) is 8.90. The lowest BCUT2D eigenvalue weighted by atomic mass is 10.1. The second-order valence-corrected chi connectivity index (χ2v) is 4.57. The molecule has 0 radical (unpaired) electrons. The van der Waals surface area contributed by atoms with Crippen molar-refractivity contribution >= 4 is 21.8 Å². The predicted molar refractivity (Wildman–Crippen MR) is 64.4 cm³/mol. The van der Waals surface area contributed by atoms with E-state index >= 15 is 0 Å². The summed E-state index contributed by atoms with van der Waals surface area (Å²) in [6.07, 6.45) is 0. The average molecular weight is 288 g/mol. The molecule has 3 N–H and O–H groups in total. The Morgan fingerprint density at radius 2 is 2.25 bits per heavy atom. The minimum Gasteiger partial charge on any atom is -0.507 e. The van der Waals surface area contributed by atoms with E-state index in [4.69, 9.17) is 5.11 Å². The van der Waals surface area contributed by atoms with Crippen LogP contribution in [0.15, 0.2) is 22.7 Å². The maximum Gasteiger partial charge on any atom is 0.255 e. The monoisotopic (exact) mass is 287 g/mol. The van der Waals surface area contributed by atoms with Gasteiger partial charge in [-0.15, -0.1) is 0 Å². The number of aliphatic hydroxyl groups is 1. The molecule has 1 aromatic rings. The maximum absolute atomic E-state index is 11.7. The van der Waals surface area contributed by atoms with E-state index in [2.05, 4.69) is 21.2 Å². The molecule has 1 amide bonds. The summed E-state index contributed by atoms with van der Waals surface area (Å²) in [5.41, 5.74) is 0.222. The SMILES string of the molecule is CC(CO)CNC(=O)c1cc(Br)ccc1O. The molecule has 0 aromatic heterocycles. The van der Waals surface area contributed by atoms with Gasteiger partial charge in [0.05, 0.1) is 5.56 Å². The fraction of sp³-hybridized carbons (Fsp3) is 0.364. The van der Waals surface area contributed by atoms with Crippen LogP contribution < -0.4 is 5.32 Å². The first kappa shape index (κ1) is 13.0. The van der Waals surface area contributed by atoms with Crippen LogP contribution in [0, 0.1) is 5.92 Å². The van der Waals surface area contributed by atoms with Crippen LogP contribution in [0.25, 0.3) is 0 Å². The Hall–Kier alpha value is -1.07. The number of phenols is 1. The van der Waals surface area contributed by atoms with Crippen LogP contribution in [0.5, 0.6) is 5.75 Å². The van der Waals surface area contributed by atoms with Gasteiger partial charge in [-0.25, -0.2) is 0 Å². The normalized spacial score (nSPS) is 12.2. The maximum atomic E-state index is 11.7. The second kappa shape index (κ2) is 5.86. The van der Waals surface area contributed by atoms with E-state index in [1.807, 2.05) is 6.92 Å². The van der Waals surface area contributed by atoms with E-state index in [9.17, 15) is 9.90 Å². The number of hydrogen-bond donors (Lipinski definition) is 3. The first-order chi connectivity index (χ1) is 7.54. The van der Waals surface area contributed by atoms with Crippen LogP contribution in [0.2, 0.25) is 0 Å². The second-order valence-electron chi connectivity index (χ2n) is 3.66. The van der Waals surface area contributed by atoms with Crippen LogP contribution in [0.4, 0.5) is 0 Å². The van der Waals surface area contributed by atoms with Gasteiger partial charge in [0, 0.05) is 17.6 Å². The molecule has 1 atom stereocenters. The number of amides is 1. The van der Waals surface area contributed by atoms with Crippen LogP contribution in [0.3, 0.4) is 0 Å². The van der Waals surface area contributed by atoms with E-state index in [1.54, 1.807) is 12.1 Å². The van der Waals surface area contributed by atoms with Gasteiger partial charge in [0.25, 0.3) is 5.91 Å². The van der Waals surface area contributed by atoms with Gasteiger partial charge in [0.15, 0.2) is 0 Å². The van der Waals surface area contributed by atoms with Gasteiger partial charge in [-0.05, 0) is 24.1 Å². The molecule has 0 aliphatic rings. The van der Waals surface area contributed by atoms with Crippen molar-refractivity contribution in [3.63, 3.8) is 0 Å². The lowest BCUT2D eigenvalue weighted by molar-refractivity contribution is 0.0939. The summed E-state index contributed by atoms with van der Waals surface area (Å²) < 4.78 is 0.727. The third kappa shape index (κ3) is 3.50. The standard InChI is InChI=1S/C11H14BrNO3/c1-7(6-14)5-13-11(16)9-4-8(12)2-3-10(9)15/h2-4,7,14-15H,5-6H2,1H3,(H,13,16). The van der Waals surface area contributed by atoms with Gasteiger partial charge in [0.1, 0.15) is 5.75 Å². The fourth-order valence-electron chi connectivity index (χ4n) is 1.12. The van der Waals surface area contributed by atoms with E-state index in [0.717, 1.165) is 4.47 Å². The summed E-state index contributed by atoms with van der Waals surface area (Å²) in [5.74, 6) is -0.408. The summed E-state index contributed by atoms with van der Waals surface area (Å²) in [6, 6.07) is 4.66. The first-order valence-corrected chi connectivity index (χ1v) is 5.71. The molecule has 0 heterocycles. The molecule has 88 valence electrons. The van der Waals surface area contributed by atoms with Crippen molar-refractivity contribution in [2.45, 2.75) is 6.92 Å². The third-order valence-corrected chi connectivity index (χ3v) is 2.62. The number of hydrogen-bond acceptors (Lipinski definition) is 3. The van der Waals surface area contributed by atoms with Crippen LogP contribution >= 0.6 is 15.9 Å². The van der Waals surface area contributed by atoms with E-state index in [-0.39, 0.29) is 29.7 Å². The van der Waals surface area contributed by atoms with Crippen molar-refractivity contribution in [3.8, 4) is 5.75 Å². The number of halogens is 1. The molecule has 0 saturated carbocycles. The molecule has 0 aliphatic carbocycles. The smallest absolute Gasteiger partial charge is 0.255 e. The van der Waals surface area contributed by atoms with Crippen molar-refractivity contribution in [1.29, 1.82) is 0 Å². The van der Waals surface area contributed by atoms with Crippen LogP contribution in [-0.4, -0.2) is 29.3 Å². The molecule has 1 rings (SSSR count). The minimum atomic E-state index is -0.348. The van der Waals surface area contributed by atoms with Crippen LogP contribution in [0.1, 0.15) is 17.3 Å². The van der Waals surface area contributed by atoms with Crippen molar-refractivity contribution in [1.82, 2.24) is 5.32 Å². The van der Waals surface area contributed by atoms with Gasteiger partial charge in [-0.1, -0.05) is 22.9 Å². The highest BCUT2D eigenvalue weighted by Gasteiger charge is 2.12. The number of nitrogens with one attached hydrogen (secondary N) is 1. The lowest BCUT2D eigenvalue weighted by Crippen LogP contribution is -2.29. The molecule has 0 bridgehead atoms. The zero-order chi connectivity index (χ0) is 12.1. The van der Waals surface area contributed by atoms with Gasteiger partial charge in [-0.2, -0.15) is 0 Å². The van der Waals surface area contributed by atoms with Gasteiger partial charge in [-0.3, -0.25) is 4.79 Å². The fourth-order valence-corrected chi connectivity index (χ4v) is 1.48. The third-order valence-electron chi connectivity index (χ3n) is 2.13. The number of aromatic hydroxyl groups is 1. The van der Waals surface area contributed by atoms with Gasteiger partial charge in [0.2, 0.25) is 0 Å². The highest BCUT2D eigenvalue weighted by Crippen LogP contribution is 2.21. The largest absolute Gasteiger partial charge is 0.507 e. The Balaban J connectivity index is 2.69. The topological polar surface area (TPSA) is 69.6 Å². The number of phenolic OH excluding ortho intramolecular Hbond substituents is 1. The van der Waals surface area contributed by atoms with E-state index < -0.39 is 0 Å². The van der Waals surface area contributed by atoms with Crippen molar-refractivity contribution in [3.05, 3.63) is 28.2 Å². The molecule has 0 fully saturated rings. The summed E-state index contributed by atoms with van der Waals surface area (Å²) >= 11 is 3.23. The number of benzene rings is 1. The highest BCUT2D eigenvalue weighted by molar-refractivity contribution is 9.10. The first-order valence-electron chi connectivity index (χ1n) is 4.92. The molecule has 4 nitrogen and oxygen atoms in total. The van der Waals surface area contributed by atoms with Crippen molar-refractivity contribution in [2.75, 3.05) is 13.2 Å². The quantitative estimate of drug-likeness (QED) is 0.786. The van der Waals surface area contributed by atoms with Crippen molar-refractivity contribution < 1.29 is 15.0 Å². The molecular formula is C11H14BrNO3. The summed E-state index contributed by atoms with van der Waals surface area (Å²) in [4.78, 5) is 11.7. The molecule has 0 spiro atoms. The number of rotatable bonds is 4. The lowest BCUT2D eigenvalue weighted by Gasteiger charge is -2.10. The molecular weight excluding hydrogens is 274 g/mol. The van der Waals surface area contributed by atoms with E-state index in [1.165, 1.54) is 6.07 Å². The number of aliphatic hydroxyl groups excluding tert-OH is 1. The number of carbonyl (C=O) groups is 1. The Morgan fingerprint density at radius 3 is 2.88 bits per heavy atom. The number of carbonyl (C=O) groups excluding carboxylic acids is 1. The highest BCUT2D eigenvalue weighted by atomic mass is 79.9. The molecule has 5 heteroatoms. The zero-order valence-corrected chi connectivity index (χ0v) is 10.5. The Bertz CT molecular complexity index is 381. The summed E-state index contributed by atoms with van der Waals surface area (Å²) in [6.45, 7) is 2.22. The molecule has 0 aliphatic heterocycles. The Kier molecular flexibility index (Phi) is 4.76. The predicted octanol–water partition coefficient (Wildman–Crippen LogP) is 1.51. The molecule has 1 aromatic carbocycles. The summed E-state index contributed by atoms with van der Waals surface area (Å²) in [7, 11) is 0. The van der Waals surface area contributed by atoms with Gasteiger partial charge < -0.3 is 15.5 Å². The summed E-state index contributed by atoms with van der Waals surface area (Å²) in [5, 5.41) is 20.9. The minimum absolute atomic E-state index is 0.00162. The van der Waals surface area contributed by atoms with Crippen LogP contribution in [-0.2, 0) is 0 Å². The Morgan fingerprint density at radius 1 is 1.56 bits per heavy atom.